The van der Waals surface area contributed by atoms with Gasteiger partial charge in [0.25, 0.3) is 0 Å². The smallest absolute Gasteiger partial charge is 0.246 e. The average molecular weight is 342 g/mol. The summed E-state index contributed by atoms with van der Waals surface area (Å²) in [6, 6.07) is 1.92. The topological polar surface area (TPSA) is 79.5 Å². The maximum absolute atomic E-state index is 13.5. The van der Waals surface area contributed by atoms with Crippen molar-refractivity contribution in [2.75, 3.05) is 11.9 Å². The van der Waals surface area contributed by atoms with Gasteiger partial charge in [0.15, 0.2) is 23.4 Å². The summed E-state index contributed by atoms with van der Waals surface area (Å²) in [6.07, 6.45) is 6.67. The molecule has 132 valence electrons. The molecule has 0 unspecified atom stereocenters. The van der Waals surface area contributed by atoms with Crippen LogP contribution in [0.4, 0.5) is 18.9 Å². The number of benzene rings is 1. The van der Waals surface area contributed by atoms with E-state index in [1.54, 1.807) is 0 Å². The predicted octanol–water partition coefficient (Wildman–Crippen LogP) is 2.67. The van der Waals surface area contributed by atoms with Gasteiger partial charge in [0.1, 0.15) is 6.54 Å². The molecule has 4 N–H and O–H groups in total. The van der Waals surface area contributed by atoms with Crippen molar-refractivity contribution in [3.63, 3.8) is 0 Å². The van der Waals surface area contributed by atoms with Gasteiger partial charge in [0.2, 0.25) is 5.91 Å². The maximum atomic E-state index is 13.5. The lowest BCUT2D eigenvalue weighted by Crippen LogP contribution is -2.40. The zero-order chi connectivity index (χ0) is 17.5. The number of guanidine groups is 1. The SMILES string of the molecule is NC(=NCC(=O)Nc1ccc(F)c(F)c1F)NC1CCCCCC1. The number of carbonyl (C=O) groups is 1. The second kappa shape index (κ2) is 8.56. The number of rotatable bonds is 4. The largest absolute Gasteiger partial charge is 0.370 e. The Bertz CT molecular complexity index is 614. The number of nitrogens with two attached hydrogens (primary N) is 1. The molecule has 0 bridgehead atoms. The van der Waals surface area contributed by atoms with E-state index in [9.17, 15) is 18.0 Å². The normalized spacial score (nSPS) is 16.5. The minimum Gasteiger partial charge on any atom is -0.370 e. The lowest BCUT2D eigenvalue weighted by atomic mass is 10.1. The summed E-state index contributed by atoms with van der Waals surface area (Å²) in [4.78, 5) is 15.6. The van der Waals surface area contributed by atoms with Gasteiger partial charge in [-0.05, 0) is 25.0 Å². The van der Waals surface area contributed by atoms with Crippen LogP contribution in [0.5, 0.6) is 0 Å². The molecule has 0 atom stereocenters. The Kier molecular flexibility index (Phi) is 6.45. The maximum Gasteiger partial charge on any atom is 0.246 e. The lowest BCUT2D eigenvalue weighted by molar-refractivity contribution is -0.114. The molecule has 24 heavy (non-hydrogen) atoms. The van der Waals surface area contributed by atoms with Gasteiger partial charge in [-0.25, -0.2) is 18.2 Å². The Morgan fingerprint density at radius 3 is 2.46 bits per heavy atom. The van der Waals surface area contributed by atoms with E-state index in [0.717, 1.165) is 37.8 Å². The molecule has 1 aliphatic carbocycles. The van der Waals surface area contributed by atoms with Gasteiger partial charge < -0.3 is 16.4 Å². The molecule has 1 aromatic rings. The monoisotopic (exact) mass is 342 g/mol. The van der Waals surface area contributed by atoms with E-state index in [0.29, 0.717) is 0 Å². The number of amides is 1. The molecular weight excluding hydrogens is 321 g/mol. The van der Waals surface area contributed by atoms with Crippen LogP contribution in [-0.2, 0) is 4.79 Å². The summed E-state index contributed by atoms with van der Waals surface area (Å²) in [5.41, 5.74) is 5.31. The fraction of sp³-hybridized carbons (Fsp3) is 0.500. The Hall–Kier alpha value is -2.25. The third-order valence-electron chi connectivity index (χ3n) is 3.91. The first-order valence-corrected chi connectivity index (χ1v) is 7.97. The van der Waals surface area contributed by atoms with Crippen molar-refractivity contribution < 1.29 is 18.0 Å². The number of nitrogens with one attached hydrogen (secondary N) is 2. The first-order chi connectivity index (χ1) is 11.5. The Morgan fingerprint density at radius 2 is 1.79 bits per heavy atom. The van der Waals surface area contributed by atoms with Crippen LogP contribution in [0.25, 0.3) is 0 Å². The molecule has 8 heteroatoms. The fourth-order valence-corrected chi connectivity index (χ4v) is 2.65. The van der Waals surface area contributed by atoms with E-state index < -0.39 is 29.0 Å². The molecular formula is C16H21F3N4O. The molecule has 0 spiro atoms. The zero-order valence-electron chi connectivity index (χ0n) is 13.2. The summed E-state index contributed by atoms with van der Waals surface area (Å²) >= 11 is 0. The molecule has 1 amide bonds. The van der Waals surface area contributed by atoms with E-state index in [4.69, 9.17) is 5.73 Å². The van der Waals surface area contributed by atoms with Gasteiger partial charge in [-0.2, -0.15) is 0 Å². The molecule has 5 nitrogen and oxygen atoms in total. The van der Waals surface area contributed by atoms with Crippen molar-refractivity contribution in [2.45, 2.75) is 44.6 Å². The van der Waals surface area contributed by atoms with Crippen LogP contribution in [0.2, 0.25) is 0 Å². The van der Waals surface area contributed by atoms with Crippen LogP contribution in [0, 0.1) is 17.5 Å². The van der Waals surface area contributed by atoms with E-state index >= 15 is 0 Å². The highest BCUT2D eigenvalue weighted by Crippen LogP contribution is 2.19. The van der Waals surface area contributed by atoms with Crippen molar-refractivity contribution in [1.82, 2.24) is 5.32 Å². The molecule has 1 saturated carbocycles. The van der Waals surface area contributed by atoms with Crippen molar-refractivity contribution >= 4 is 17.6 Å². The van der Waals surface area contributed by atoms with Crippen LogP contribution in [-0.4, -0.2) is 24.5 Å². The molecule has 0 radical (unpaired) electrons. The third-order valence-corrected chi connectivity index (χ3v) is 3.91. The van der Waals surface area contributed by atoms with Crippen LogP contribution in [0.15, 0.2) is 17.1 Å². The molecule has 0 aliphatic heterocycles. The second-order valence-electron chi connectivity index (χ2n) is 5.81. The van der Waals surface area contributed by atoms with Crippen molar-refractivity contribution in [2.24, 2.45) is 10.7 Å². The summed E-state index contributed by atoms with van der Waals surface area (Å²) in [5, 5.41) is 5.21. The Morgan fingerprint density at radius 1 is 1.12 bits per heavy atom. The Labute approximate surface area is 138 Å². The van der Waals surface area contributed by atoms with Gasteiger partial charge in [-0.1, -0.05) is 25.7 Å². The number of anilines is 1. The van der Waals surface area contributed by atoms with Gasteiger partial charge >= 0.3 is 0 Å². The standard InChI is InChI=1S/C16H21F3N4O/c17-11-7-8-12(15(19)14(11)18)23-13(24)9-21-16(20)22-10-5-3-1-2-4-6-10/h7-8,10H,1-6,9H2,(H,23,24)(H3,20,21,22). The van der Waals surface area contributed by atoms with E-state index in [1.165, 1.54) is 12.8 Å². The van der Waals surface area contributed by atoms with Gasteiger partial charge in [-0.15, -0.1) is 0 Å². The molecule has 1 fully saturated rings. The summed E-state index contributed by atoms with van der Waals surface area (Å²) in [6.45, 7) is -0.343. The van der Waals surface area contributed by atoms with Gasteiger partial charge in [-0.3, -0.25) is 4.79 Å². The Balaban J connectivity index is 1.86. The molecule has 1 aliphatic rings. The highest BCUT2D eigenvalue weighted by atomic mass is 19.2. The highest BCUT2D eigenvalue weighted by molar-refractivity contribution is 5.94. The van der Waals surface area contributed by atoms with Gasteiger partial charge in [0.05, 0.1) is 5.69 Å². The van der Waals surface area contributed by atoms with Crippen LogP contribution in [0.1, 0.15) is 38.5 Å². The van der Waals surface area contributed by atoms with Crippen LogP contribution < -0.4 is 16.4 Å². The van der Waals surface area contributed by atoms with E-state index in [-0.39, 0.29) is 18.5 Å². The molecule has 2 rings (SSSR count). The summed E-state index contributed by atoms with van der Waals surface area (Å²) in [5.74, 6) is -4.93. The second-order valence-corrected chi connectivity index (χ2v) is 5.81. The predicted molar refractivity (Wildman–Crippen MR) is 86.1 cm³/mol. The van der Waals surface area contributed by atoms with Crippen molar-refractivity contribution in [3.05, 3.63) is 29.6 Å². The van der Waals surface area contributed by atoms with Crippen LogP contribution >= 0.6 is 0 Å². The lowest BCUT2D eigenvalue weighted by Gasteiger charge is -2.16. The van der Waals surface area contributed by atoms with Crippen molar-refractivity contribution in [1.29, 1.82) is 0 Å². The van der Waals surface area contributed by atoms with Crippen LogP contribution in [0.3, 0.4) is 0 Å². The van der Waals surface area contributed by atoms with E-state index in [1.807, 2.05) is 0 Å². The minimum absolute atomic E-state index is 0.141. The molecule has 0 saturated heterocycles. The minimum atomic E-state index is -1.63. The quantitative estimate of drug-likeness (QED) is 0.341. The number of hydrogen-bond acceptors (Lipinski definition) is 2. The first kappa shape index (κ1) is 18.1. The van der Waals surface area contributed by atoms with Gasteiger partial charge in [0, 0.05) is 6.04 Å². The van der Waals surface area contributed by atoms with Crippen molar-refractivity contribution in [3.8, 4) is 0 Å². The third kappa shape index (κ3) is 5.14. The number of carbonyl (C=O) groups excluding carboxylic acids is 1. The number of nitrogens with zero attached hydrogens (tertiary/aromatic N) is 1. The zero-order valence-corrected chi connectivity index (χ0v) is 13.2. The molecule has 0 heterocycles. The summed E-state index contributed by atoms with van der Waals surface area (Å²) < 4.78 is 39.4. The first-order valence-electron chi connectivity index (χ1n) is 7.97. The fourth-order valence-electron chi connectivity index (χ4n) is 2.65. The van der Waals surface area contributed by atoms with E-state index in [2.05, 4.69) is 15.6 Å². The highest BCUT2D eigenvalue weighted by Gasteiger charge is 2.15. The molecule has 0 aromatic heterocycles. The number of halogens is 3. The number of hydrogen-bond donors (Lipinski definition) is 3. The summed E-state index contributed by atoms with van der Waals surface area (Å²) in [7, 11) is 0. The molecule has 1 aromatic carbocycles. The number of aliphatic imine (C=N–C) groups is 1. The average Bonchev–Trinajstić information content (AvgIpc) is 2.82.